The van der Waals surface area contributed by atoms with Gasteiger partial charge in [-0.2, -0.15) is 3.71 Å². The maximum absolute atomic E-state index is 11.2. The lowest BCUT2D eigenvalue weighted by Gasteiger charge is -2.30. The van der Waals surface area contributed by atoms with Crippen LogP contribution in [0.25, 0.3) is 0 Å². The lowest BCUT2D eigenvalue weighted by Crippen LogP contribution is -2.33. The van der Waals surface area contributed by atoms with E-state index in [0.717, 1.165) is 32.4 Å². The number of carbonyl (C=O) groups is 1. The second kappa shape index (κ2) is 6.66. The van der Waals surface area contributed by atoms with Crippen LogP contribution in [0, 0.1) is 5.92 Å². The van der Waals surface area contributed by atoms with Gasteiger partial charge in [0.05, 0.1) is 6.04 Å². The molecule has 1 fully saturated rings. The molecule has 1 heterocycles. The number of hydrogen-bond acceptors (Lipinski definition) is 6. The maximum atomic E-state index is 11.2. The second-order valence-corrected chi connectivity index (χ2v) is 5.99. The van der Waals surface area contributed by atoms with Crippen molar-refractivity contribution in [2.75, 3.05) is 13.1 Å². The normalized spacial score (nSPS) is 21.9. The molecule has 0 N–H and O–H groups in total. The average Bonchev–Trinajstić information content (AvgIpc) is 2.15. The molecule has 0 saturated carbocycles. The molecule has 0 amide bonds. The van der Waals surface area contributed by atoms with E-state index >= 15 is 0 Å². The summed E-state index contributed by atoms with van der Waals surface area (Å²) in [7, 11) is 0. The van der Waals surface area contributed by atoms with Crippen molar-refractivity contribution in [2.24, 2.45) is 5.92 Å². The third-order valence-electron chi connectivity index (χ3n) is 2.71. The highest BCUT2D eigenvalue weighted by Crippen LogP contribution is 2.26. The van der Waals surface area contributed by atoms with E-state index in [9.17, 15) is 4.79 Å². The Morgan fingerprint density at radius 3 is 2.33 bits per heavy atom. The predicted octanol–water partition coefficient (Wildman–Crippen LogP) is 1.75. The van der Waals surface area contributed by atoms with Crippen LogP contribution in [-0.4, -0.2) is 32.3 Å². The summed E-state index contributed by atoms with van der Waals surface area (Å²) in [6.07, 6.45) is 2.91. The first-order valence-electron chi connectivity index (χ1n) is 4.84. The van der Waals surface area contributed by atoms with E-state index in [1.165, 1.54) is 3.71 Å². The van der Waals surface area contributed by atoms with Gasteiger partial charge in [0.2, 0.25) is 5.12 Å². The Balaban J connectivity index is 2.41. The van der Waals surface area contributed by atoms with Crippen molar-refractivity contribution in [1.82, 2.24) is 8.02 Å². The first-order chi connectivity index (χ1) is 7.00. The molecule has 15 heavy (non-hydrogen) atoms. The molecule has 1 unspecified atom stereocenters. The van der Waals surface area contributed by atoms with Gasteiger partial charge in [-0.3, -0.25) is 9.10 Å². The first-order valence-corrected chi connectivity index (χ1v) is 6.49. The highest BCUT2D eigenvalue weighted by atomic mass is 32.2. The standard InChI is InChI=1S/C8H16N2OS4/c11-8(12)7(10(14)15)5-6-1-3-9(13)4-2-6/h6-7,13-15H,1-5H2,(H,11,12). The van der Waals surface area contributed by atoms with Gasteiger partial charge in [-0.05, 0) is 25.2 Å². The van der Waals surface area contributed by atoms with Gasteiger partial charge < -0.3 is 0 Å². The molecule has 1 rings (SSSR count). The van der Waals surface area contributed by atoms with E-state index in [4.69, 9.17) is 0 Å². The van der Waals surface area contributed by atoms with Crippen LogP contribution in [0.15, 0.2) is 0 Å². The lowest BCUT2D eigenvalue weighted by atomic mass is 9.91. The maximum Gasteiger partial charge on any atom is 0.204 e. The van der Waals surface area contributed by atoms with Gasteiger partial charge in [-0.1, -0.05) is 38.4 Å². The third kappa shape index (κ3) is 4.79. The Bertz CT molecular complexity index is 219. The van der Waals surface area contributed by atoms with Crippen LogP contribution in [0.2, 0.25) is 0 Å². The molecule has 1 saturated heterocycles. The second-order valence-electron chi connectivity index (χ2n) is 3.81. The Morgan fingerprint density at radius 2 is 1.93 bits per heavy atom. The van der Waals surface area contributed by atoms with Crippen LogP contribution >= 0.6 is 51.1 Å². The fraction of sp³-hybridized carbons (Fsp3) is 0.875. The molecule has 0 spiro atoms. The molecule has 0 bridgehead atoms. The number of rotatable bonds is 4. The number of thiol groups is 4. The Kier molecular flexibility index (Phi) is 6.24. The highest BCUT2D eigenvalue weighted by Gasteiger charge is 2.26. The topological polar surface area (TPSA) is 23.6 Å². The molecule has 7 heteroatoms. The molecule has 0 radical (unpaired) electrons. The molecule has 1 aliphatic rings. The molecule has 88 valence electrons. The zero-order chi connectivity index (χ0) is 11.4. The van der Waals surface area contributed by atoms with Crippen molar-refractivity contribution >= 4 is 56.2 Å². The number of hydrogen-bond donors (Lipinski definition) is 4. The zero-order valence-corrected chi connectivity index (χ0v) is 11.9. The van der Waals surface area contributed by atoms with Crippen LogP contribution in [0.1, 0.15) is 19.3 Å². The third-order valence-corrected chi connectivity index (χ3v) is 3.97. The number of piperidine rings is 1. The van der Waals surface area contributed by atoms with Crippen LogP contribution < -0.4 is 0 Å². The minimum absolute atomic E-state index is 0.173. The van der Waals surface area contributed by atoms with Crippen molar-refractivity contribution in [1.29, 1.82) is 0 Å². The van der Waals surface area contributed by atoms with Crippen LogP contribution in [0.4, 0.5) is 0 Å². The van der Waals surface area contributed by atoms with Crippen molar-refractivity contribution in [3.8, 4) is 0 Å². The van der Waals surface area contributed by atoms with Crippen molar-refractivity contribution < 1.29 is 4.79 Å². The van der Waals surface area contributed by atoms with E-state index < -0.39 is 0 Å². The summed E-state index contributed by atoms with van der Waals surface area (Å²) in [6, 6.07) is -0.309. The zero-order valence-electron chi connectivity index (χ0n) is 8.28. The van der Waals surface area contributed by atoms with Crippen molar-refractivity contribution in [3.05, 3.63) is 0 Å². The van der Waals surface area contributed by atoms with Gasteiger partial charge in [0.1, 0.15) is 0 Å². The summed E-state index contributed by atoms with van der Waals surface area (Å²) in [5, 5.41) is -0.173. The smallest absolute Gasteiger partial charge is 0.204 e. The van der Waals surface area contributed by atoms with E-state index in [0.29, 0.717) is 5.92 Å². The van der Waals surface area contributed by atoms with Crippen LogP contribution in [0.5, 0.6) is 0 Å². The largest absolute Gasteiger partial charge is 0.286 e. The van der Waals surface area contributed by atoms with Gasteiger partial charge in [0.25, 0.3) is 0 Å². The molecule has 0 aromatic carbocycles. The van der Waals surface area contributed by atoms with E-state index in [1.54, 1.807) is 0 Å². The quantitative estimate of drug-likeness (QED) is 0.592. The SMILES string of the molecule is O=C(S)C(CC1CCN(S)CC1)N(S)S. The summed E-state index contributed by atoms with van der Waals surface area (Å²) in [4.78, 5) is 11.2. The molecule has 1 aliphatic heterocycles. The summed E-state index contributed by atoms with van der Waals surface area (Å²) < 4.78 is 3.36. The summed E-state index contributed by atoms with van der Waals surface area (Å²) in [5.41, 5.74) is 0. The van der Waals surface area contributed by atoms with Crippen molar-refractivity contribution in [2.45, 2.75) is 25.3 Å². The minimum atomic E-state index is -0.309. The van der Waals surface area contributed by atoms with E-state index in [-0.39, 0.29) is 11.2 Å². The first kappa shape index (κ1) is 14.1. The Labute approximate surface area is 113 Å². The Hall–Kier alpha value is 0.990. The fourth-order valence-corrected chi connectivity index (χ4v) is 2.80. The summed E-state index contributed by atoms with van der Waals surface area (Å²) >= 11 is 16.2. The van der Waals surface area contributed by atoms with Gasteiger partial charge in [-0.25, -0.2) is 0 Å². The van der Waals surface area contributed by atoms with Crippen LogP contribution in [-0.2, 0) is 4.79 Å². The van der Waals surface area contributed by atoms with Crippen LogP contribution in [0.3, 0.4) is 0 Å². The van der Waals surface area contributed by atoms with Gasteiger partial charge in [0.15, 0.2) is 0 Å². The van der Waals surface area contributed by atoms with Gasteiger partial charge in [-0.15, -0.1) is 12.6 Å². The van der Waals surface area contributed by atoms with E-state index in [1.807, 2.05) is 4.31 Å². The molecular formula is C8H16N2OS4. The molecule has 0 aromatic heterocycles. The summed E-state index contributed by atoms with van der Waals surface area (Å²) in [6.45, 7) is 1.95. The number of nitrogens with zero attached hydrogens (tertiary/aromatic N) is 2. The molecule has 1 atom stereocenters. The Morgan fingerprint density at radius 1 is 1.40 bits per heavy atom. The van der Waals surface area contributed by atoms with Crippen molar-refractivity contribution in [3.63, 3.8) is 0 Å². The minimum Gasteiger partial charge on any atom is -0.286 e. The lowest BCUT2D eigenvalue weighted by molar-refractivity contribution is -0.113. The molecule has 0 aromatic rings. The number of carbonyl (C=O) groups excluding carboxylic acids is 1. The van der Waals surface area contributed by atoms with Gasteiger partial charge >= 0.3 is 0 Å². The molecule has 0 aliphatic carbocycles. The average molecular weight is 284 g/mol. The fourth-order valence-electron chi connectivity index (χ4n) is 1.76. The van der Waals surface area contributed by atoms with Gasteiger partial charge in [0, 0.05) is 13.1 Å². The summed E-state index contributed by atoms with van der Waals surface area (Å²) in [5.74, 6) is 0.538. The predicted molar refractivity (Wildman–Crippen MR) is 75.5 cm³/mol. The van der Waals surface area contributed by atoms with E-state index in [2.05, 4.69) is 51.1 Å². The molecular weight excluding hydrogens is 268 g/mol. The highest BCUT2D eigenvalue weighted by molar-refractivity contribution is 7.97. The monoisotopic (exact) mass is 284 g/mol. The molecule has 3 nitrogen and oxygen atoms in total.